The number of rotatable bonds is 2. The summed E-state index contributed by atoms with van der Waals surface area (Å²) in [5.41, 5.74) is 23.5. The van der Waals surface area contributed by atoms with Crippen LogP contribution >= 0.6 is 0 Å². The van der Waals surface area contributed by atoms with Crippen LogP contribution in [0.4, 0.5) is 0 Å². The van der Waals surface area contributed by atoms with Gasteiger partial charge in [0.15, 0.2) is 0 Å². The molecule has 0 saturated heterocycles. The van der Waals surface area contributed by atoms with Gasteiger partial charge in [-0.2, -0.15) is 0 Å². The lowest BCUT2D eigenvalue weighted by atomic mass is 9.67. The summed E-state index contributed by atoms with van der Waals surface area (Å²) in [5.74, 6) is 0. The summed E-state index contributed by atoms with van der Waals surface area (Å²) >= 11 is 0. The lowest BCUT2D eigenvalue weighted by Gasteiger charge is -2.36. The highest BCUT2D eigenvalue weighted by Gasteiger charge is 2.45. The van der Waals surface area contributed by atoms with Crippen molar-refractivity contribution in [1.82, 2.24) is 0 Å². The first-order valence-electron chi connectivity index (χ1n) is 19.8. The molecule has 0 N–H and O–H groups in total. The van der Waals surface area contributed by atoms with E-state index < -0.39 is 0 Å². The lowest BCUT2D eigenvalue weighted by Crippen LogP contribution is -2.28. The Hall–Kier alpha value is -4.68. The Kier molecular flexibility index (Phi) is 6.28. The third-order valence-electron chi connectivity index (χ3n) is 14.3. The number of benzene rings is 6. The Morgan fingerprint density at radius 3 is 1.02 bits per heavy atom. The molecule has 51 heavy (non-hydrogen) atoms. The second-order valence-corrected chi connectivity index (χ2v) is 17.0. The molecule has 5 aliphatic rings. The molecule has 250 valence electrons. The molecule has 0 atom stereocenters. The first-order valence-corrected chi connectivity index (χ1v) is 19.8. The second-order valence-electron chi connectivity index (χ2n) is 17.0. The van der Waals surface area contributed by atoms with E-state index in [1.807, 2.05) is 0 Å². The van der Waals surface area contributed by atoms with Crippen molar-refractivity contribution >= 4 is 0 Å². The molecule has 11 rings (SSSR count). The SMILES string of the molecule is CC1(C)c2cc(-c3ccc4c(c3)C3(CCCCC3)c3ccccc3-4)ccc2-c2ccc(-c3ccc4c(c3)C3(CCCCC3)c3ccccc3-4)cc21. The first-order chi connectivity index (χ1) is 25.0. The zero-order valence-electron chi connectivity index (χ0n) is 30.1. The van der Waals surface area contributed by atoms with Gasteiger partial charge in [0.05, 0.1) is 0 Å². The first kappa shape index (κ1) is 30.0. The van der Waals surface area contributed by atoms with Gasteiger partial charge in [-0.1, -0.05) is 149 Å². The maximum Gasteiger partial charge on any atom is 0.0215 e. The quantitative estimate of drug-likeness (QED) is 0.174. The molecule has 0 bridgehead atoms. The fourth-order valence-electron chi connectivity index (χ4n) is 11.8. The average Bonchev–Trinajstić information content (AvgIpc) is 3.70. The van der Waals surface area contributed by atoms with Crippen LogP contribution in [-0.2, 0) is 16.2 Å². The molecule has 6 aromatic rings. The monoisotopic (exact) mass is 658 g/mol. The van der Waals surface area contributed by atoms with Crippen LogP contribution in [0, 0.1) is 0 Å². The van der Waals surface area contributed by atoms with Crippen molar-refractivity contribution in [2.24, 2.45) is 0 Å². The summed E-state index contributed by atoms with van der Waals surface area (Å²) in [6.07, 6.45) is 13.1. The van der Waals surface area contributed by atoms with Crippen molar-refractivity contribution in [3.05, 3.63) is 155 Å². The van der Waals surface area contributed by atoms with E-state index in [0.29, 0.717) is 0 Å². The van der Waals surface area contributed by atoms with Crippen LogP contribution in [0.15, 0.2) is 121 Å². The van der Waals surface area contributed by atoms with Gasteiger partial charge in [0.25, 0.3) is 0 Å². The van der Waals surface area contributed by atoms with E-state index in [-0.39, 0.29) is 16.2 Å². The van der Waals surface area contributed by atoms with E-state index in [9.17, 15) is 0 Å². The Labute approximate surface area is 303 Å². The molecule has 2 saturated carbocycles. The fourth-order valence-corrected chi connectivity index (χ4v) is 11.8. The molecular weight excluding hydrogens is 613 g/mol. The fraction of sp³-hybridized carbons (Fsp3) is 0.294. The molecule has 0 amide bonds. The van der Waals surface area contributed by atoms with Gasteiger partial charge < -0.3 is 0 Å². The average molecular weight is 659 g/mol. The van der Waals surface area contributed by atoms with E-state index in [1.54, 1.807) is 22.3 Å². The van der Waals surface area contributed by atoms with Crippen LogP contribution in [0.2, 0.25) is 0 Å². The molecule has 0 heterocycles. The third kappa shape index (κ3) is 4.03. The van der Waals surface area contributed by atoms with E-state index in [2.05, 4.69) is 135 Å². The van der Waals surface area contributed by atoms with Crippen LogP contribution in [0.1, 0.15) is 111 Å². The molecule has 5 aliphatic carbocycles. The largest absolute Gasteiger partial charge is 0.0619 e. The summed E-state index contributed by atoms with van der Waals surface area (Å²) in [4.78, 5) is 0. The van der Waals surface area contributed by atoms with Gasteiger partial charge in [-0.15, -0.1) is 0 Å². The maximum atomic E-state index is 2.57. The molecule has 0 aliphatic heterocycles. The minimum Gasteiger partial charge on any atom is -0.0619 e. The number of hydrogen-bond acceptors (Lipinski definition) is 0. The highest BCUT2D eigenvalue weighted by atomic mass is 14.5. The molecule has 0 heteroatoms. The summed E-state index contributed by atoms with van der Waals surface area (Å²) in [7, 11) is 0. The van der Waals surface area contributed by atoms with E-state index >= 15 is 0 Å². The van der Waals surface area contributed by atoms with Crippen LogP contribution in [-0.4, -0.2) is 0 Å². The molecular formula is C51H46. The molecule has 0 radical (unpaired) electrons. The maximum absolute atomic E-state index is 2.57. The van der Waals surface area contributed by atoms with Gasteiger partial charge in [-0.05, 0) is 139 Å². The Morgan fingerprint density at radius 1 is 0.314 bits per heavy atom. The van der Waals surface area contributed by atoms with Gasteiger partial charge in [0, 0.05) is 16.2 Å². The molecule has 0 nitrogen and oxygen atoms in total. The zero-order chi connectivity index (χ0) is 34.0. The Morgan fingerprint density at radius 2 is 0.627 bits per heavy atom. The van der Waals surface area contributed by atoms with Crippen molar-refractivity contribution in [1.29, 1.82) is 0 Å². The predicted octanol–water partition coefficient (Wildman–Crippen LogP) is 13.8. The smallest absolute Gasteiger partial charge is 0.0215 e. The summed E-state index contributed by atoms with van der Waals surface area (Å²) in [6, 6.07) is 47.9. The number of hydrogen-bond donors (Lipinski definition) is 0. The topological polar surface area (TPSA) is 0 Å². The molecule has 2 fully saturated rings. The molecule has 0 aromatic heterocycles. The zero-order valence-corrected chi connectivity index (χ0v) is 30.1. The Bertz CT molecular complexity index is 2240. The van der Waals surface area contributed by atoms with Gasteiger partial charge in [0.2, 0.25) is 0 Å². The van der Waals surface area contributed by atoms with Crippen LogP contribution < -0.4 is 0 Å². The predicted molar refractivity (Wildman–Crippen MR) is 213 cm³/mol. The summed E-state index contributed by atoms with van der Waals surface area (Å²) in [6.45, 7) is 4.88. The summed E-state index contributed by atoms with van der Waals surface area (Å²) < 4.78 is 0. The second kappa shape index (κ2) is 10.7. The number of fused-ring (bicyclic) bond motifs is 13. The van der Waals surface area contributed by atoms with Crippen LogP contribution in [0.3, 0.4) is 0 Å². The van der Waals surface area contributed by atoms with E-state index in [4.69, 9.17) is 0 Å². The van der Waals surface area contributed by atoms with Crippen molar-refractivity contribution in [2.45, 2.75) is 94.3 Å². The van der Waals surface area contributed by atoms with E-state index in [0.717, 1.165) is 0 Å². The van der Waals surface area contributed by atoms with Gasteiger partial charge >= 0.3 is 0 Å². The minimum atomic E-state index is -0.0776. The standard InChI is InChI=1S/C51H46/c1-49(2)45-29-33(35-19-23-41-37-13-5-7-15-43(37)50(47(41)31-35)25-9-3-10-26-50)17-21-39(45)40-22-18-34(30-46(40)49)36-20-24-42-38-14-6-8-16-44(38)51(48(42)32-36)27-11-4-12-28-51/h5-8,13-24,29-32H,3-4,9-12,25-28H2,1-2H3. The summed E-state index contributed by atoms with van der Waals surface area (Å²) in [5, 5.41) is 0. The van der Waals surface area contributed by atoms with E-state index in [1.165, 1.54) is 131 Å². The normalized spacial score (nSPS) is 19.3. The van der Waals surface area contributed by atoms with Crippen molar-refractivity contribution < 1.29 is 0 Å². The van der Waals surface area contributed by atoms with Crippen molar-refractivity contribution in [3.8, 4) is 55.6 Å². The highest BCUT2D eigenvalue weighted by Crippen LogP contribution is 2.58. The van der Waals surface area contributed by atoms with Crippen LogP contribution in [0.25, 0.3) is 55.6 Å². The molecule has 0 unspecified atom stereocenters. The van der Waals surface area contributed by atoms with Crippen molar-refractivity contribution in [2.75, 3.05) is 0 Å². The van der Waals surface area contributed by atoms with Crippen LogP contribution in [0.5, 0.6) is 0 Å². The van der Waals surface area contributed by atoms with Gasteiger partial charge in [-0.25, -0.2) is 0 Å². The third-order valence-corrected chi connectivity index (χ3v) is 14.3. The van der Waals surface area contributed by atoms with Crippen molar-refractivity contribution in [3.63, 3.8) is 0 Å². The molecule has 6 aromatic carbocycles. The Balaban J connectivity index is 0.972. The molecule has 2 spiro atoms. The minimum absolute atomic E-state index is 0.0776. The highest BCUT2D eigenvalue weighted by molar-refractivity contribution is 5.89. The lowest BCUT2D eigenvalue weighted by molar-refractivity contribution is 0.353. The van der Waals surface area contributed by atoms with Gasteiger partial charge in [-0.3, -0.25) is 0 Å². The van der Waals surface area contributed by atoms with Gasteiger partial charge in [0.1, 0.15) is 0 Å².